The lowest BCUT2D eigenvalue weighted by Gasteiger charge is -2.20. The first-order valence-electron chi connectivity index (χ1n) is 9.97. The predicted molar refractivity (Wildman–Crippen MR) is 105 cm³/mol. The Balaban J connectivity index is 1.71. The molecule has 0 radical (unpaired) electrons. The van der Waals surface area contributed by atoms with Gasteiger partial charge in [-0.05, 0) is 60.3 Å². The van der Waals surface area contributed by atoms with Crippen LogP contribution in [0.2, 0.25) is 0 Å². The minimum absolute atomic E-state index is 0.0308. The third-order valence-corrected chi connectivity index (χ3v) is 4.78. The summed E-state index contributed by atoms with van der Waals surface area (Å²) in [7, 11) is 0. The summed E-state index contributed by atoms with van der Waals surface area (Å²) in [6.45, 7) is 11.2. The highest BCUT2D eigenvalue weighted by Gasteiger charge is 2.57. The van der Waals surface area contributed by atoms with Crippen LogP contribution in [0.3, 0.4) is 0 Å². The lowest BCUT2D eigenvalue weighted by molar-refractivity contribution is -0.126. The average molecular weight is 411 g/mol. The lowest BCUT2D eigenvalue weighted by atomic mass is 10.2. The SMILES string of the molecule is CC(C)(C)OC(=O)NCC1CC1C(=O)NC1(C=O)CC1CNC(=O)OC(C)(C)C. The van der Waals surface area contributed by atoms with Crippen LogP contribution in [0, 0.1) is 17.8 Å². The number of alkyl carbamates (subject to hydrolysis) is 2. The van der Waals surface area contributed by atoms with Crippen molar-refractivity contribution in [2.24, 2.45) is 17.8 Å². The van der Waals surface area contributed by atoms with E-state index in [0.29, 0.717) is 19.4 Å². The Bertz CT molecular complexity index is 666. The number of carbonyl (C=O) groups is 4. The first-order valence-corrected chi connectivity index (χ1v) is 9.97. The van der Waals surface area contributed by atoms with E-state index in [4.69, 9.17) is 9.47 Å². The maximum absolute atomic E-state index is 12.4. The van der Waals surface area contributed by atoms with Gasteiger partial charge in [0.2, 0.25) is 5.91 Å². The number of rotatable bonds is 7. The Kier molecular flexibility index (Phi) is 6.49. The van der Waals surface area contributed by atoms with Gasteiger partial charge >= 0.3 is 12.2 Å². The minimum atomic E-state index is -0.933. The third kappa shape index (κ3) is 7.21. The van der Waals surface area contributed by atoms with Gasteiger partial charge < -0.3 is 30.2 Å². The molecule has 0 aromatic carbocycles. The van der Waals surface area contributed by atoms with Crippen molar-refractivity contribution in [1.29, 1.82) is 0 Å². The molecule has 2 fully saturated rings. The van der Waals surface area contributed by atoms with Gasteiger partial charge in [-0.2, -0.15) is 0 Å². The third-order valence-electron chi connectivity index (χ3n) is 4.78. The van der Waals surface area contributed by atoms with Gasteiger partial charge in [0.1, 0.15) is 23.0 Å². The zero-order chi connectivity index (χ0) is 22.0. The zero-order valence-electron chi connectivity index (χ0n) is 18.1. The second-order valence-corrected chi connectivity index (χ2v) is 9.92. The van der Waals surface area contributed by atoms with E-state index >= 15 is 0 Å². The Labute approximate surface area is 171 Å². The van der Waals surface area contributed by atoms with E-state index in [-0.39, 0.29) is 30.2 Å². The molecule has 2 rings (SSSR count). The summed E-state index contributed by atoms with van der Waals surface area (Å²) < 4.78 is 10.3. The molecule has 29 heavy (non-hydrogen) atoms. The summed E-state index contributed by atoms with van der Waals surface area (Å²) in [6.07, 6.45) is 0.806. The molecule has 0 aromatic heterocycles. The van der Waals surface area contributed by atoms with Crippen molar-refractivity contribution in [2.45, 2.75) is 71.1 Å². The number of aldehydes is 1. The molecule has 2 aliphatic rings. The summed E-state index contributed by atoms with van der Waals surface area (Å²) in [5.74, 6) is -0.563. The van der Waals surface area contributed by atoms with Crippen molar-refractivity contribution in [3.63, 3.8) is 0 Å². The fourth-order valence-corrected chi connectivity index (χ4v) is 3.10. The van der Waals surface area contributed by atoms with Crippen LogP contribution in [0.5, 0.6) is 0 Å². The summed E-state index contributed by atoms with van der Waals surface area (Å²) in [5, 5.41) is 8.12. The number of amides is 3. The van der Waals surface area contributed by atoms with E-state index in [2.05, 4.69) is 16.0 Å². The molecular formula is C20H33N3O6. The van der Waals surface area contributed by atoms with Crippen LogP contribution >= 0.6 is 0 Å². The molecule has 3 amide bonds. The number of carbonyl (C=O) groups excluding carboxylic acids is 4. The number of ether oxygens (including phenoxy) is 2. The fourth-order valence-electron chi connectivity index (χ4n) is 3.10. The number of hydrogen-bond donors (Lipinski definition) is 3. The van der Waals surface area contributed by atoms with Crippen molar-refractivity contribution in [3.05, 3.63) is 0 Å². The highest BCUT2D eigenvalue weighted by atomic mass is 16.6. The van der Waals surface area contributed by atoms with Gasteiger partial charge in [-0.1, -0.05) is 0 Å². The van der Waals surface area contributed by atoms with Crippen molar-refractivity contribution >= 4 is 24.4 Å². The van der Waals surface area contributed by atoms with Gasteiger partial charge in [0, 0.05) is 24.9 Å². The molecule has 0 saturated heterocycles. The molecule has 2 aliphatic carbocycles. The molecule has 9 heteroatoms. The van der Waals surface area contributed by atoms with Crippen LogP contribution in [0.15, 0.2) is 0 Å². The van der Waals surface area contributed by atoms with Gasteiger partial charge in [0.15, 0.2) is 0 Å². The van der Waals surface area contributed by atoms with Crippen molar-refractivity contribution < 1.29 is 28.7 Å². The molecular weight excluding hydrogens is 378 g/mol. The Morgan fingerprint density at radius 2 is 1.48 bits per heavy atom. The summed E-state index contributed by atoms with van der Waals surface area (Å²) in [4.78, 5) is 47.4. The largest absolute Gasteiger partial charge is 0.444 e. The van der Waals surface area contributed by atoms with Crippen LogP contribution in [0.25, 0.3) is 0 Å². The molecule has 0 aliphatic heterocycles. The number of hydrogen-bond acceptors (Lipinski definition) is 6. The Morgan fingerprint density at radius 1 is 0.966 bits per heavy atom. The molecule has 0 bridgehead atoms. The highest BCUT2D eigenvalue weighted by Crippen LogP contribution is 2.44. The van der Waals surface area contributed by atoms with Gasteiger partial charge in [-0.15, -0.1) is 0 Å². The minimum Gasteiger partial charge on any atom is -0.444 e. The predicted octanol–water partition coefficient (Wildman–Crippen LogP) is 1.75. The molecule has 0 spiro atoms. The first-order chi connectivity index (χ1) is 13.2. The van der Waals surface area contributed by atoms with Crippen molar-refractivity contribution in [1.82, 2.24) is 16.0 Å². The van der Waals surface area contributed by atoms with E-state index < -0.39 is 28.9 Å². The summed E-state index contributed by atoms with van der Waals surface area (Å²) >= 11 is 0. The normalized spacial score (nSPS) is 28.0. The van der Waals surface area contributed by atoms with Gasteiger partial charge in [0.05, 0.1) is 0 Å². The van der Waals surface area contributed by atoms with E-state index in [0.717, 1.165) is 6.29 Å². The maximum Gasteiger partial charge on any atom is 0.407 e. The molecule has 3 N–H and O–H groups in total. The van der Waals surface area contributed by atoms with Crippen molar-refractivity contribution in [2.75, 3.05) is 13.1 Å². The molecule has 4 atom stereocenters. The van der Waals surface area contributed by atoms with Crippen LogP contribution in [0.4, 0.5) is 9.59 Å². The molecule has 2 saturated carbocycles. The Hall–Kier alpha value is -2.32. The highest BCUT2D eigenvalue weighted by molar-refractivity contribution is 5.87. The average Bonchev–Trinajstić information content (AvgIpc) is 3.43. The van der Waals surface area contributed by atoms with E-state index in [9.17, 15) is 19.2 Å². The van der Waals surface area contributed by atoms with E-state index in [1.54, 1.807) is 41.5 Å². The number of nitrogens with one attached hydrogen (secondary N) is 3. The van der Waals surface area contributed by atoms with Gasteiger partial charge in [0.25, 0.3) is 0 Å². The second-order valence-electron chi connectivity index (χ2n) is 9.92. The molecule has 9 nitrogen and oxygen atoms in total. The summed E-state index contributed by atoms with van der Waals surface area (Å²) in [6, 6.07) is 0. The monoisotopic (exact) mass is 411 g/mol. The molecule has 164 valence electrons. The van der Waals surface area contributed by atoms with Crippen LogP contribution < -0.4 is 16.0 Å². The van der Waals surface area contributed by atoms with Crippen molar-refractivity contribution in [3.8, 4) is 0 Å². The second kappa shape index (κ2) is 8.20. The van der Waals surface area contributed by atoms with Crippen LogP contribution in [0.1, 0.15) is 54.4 Å². The zero-order valence-corrected chi connectivity index (χ0v) is 18.1. The van der Waals surface area contributed by atoms with E-state index in [1.165, 1.54) is 0 Å². The quantitative estimate of drug-likeness (QED) is 0.549. The fraction of sp³-hybridized carbons (Fsp3) is 0.800. The first kappa shape index (κ1) is 23.0. The standard InChI is InChI=1S/C20H33N3O6/c1-18(2,3)28-16(26)21-9-12-7-14(12)15(25)23-20(11-24)8-13(20)10-22-17(27)29-19(4,5)6/h11-14H,7-10H2,1-6H3,(H,21,26)(H,22,27)(H,23,25). The van der Waals surface area contributed by atoms with Crippen LogP contribution in [-0.2, 0) is 19.1 Å². The molecule has 0 heterocycles. The smallest absolute Gasteiger partial charge is 0.407 e. The maximum atomic E-state index is 12.4. The molecule has 4 unspecified atom stereocenters. The summed E-state index contributed by atoms with van der Waals surface area (Å²) in [5.41, 5.74) is -2.11. The van der Waals surface area contributed by atoms with Gasteiger partial charge in [-0.3, -0.25) is 4.79 Å². The van der Waals surface area contributed by atoms with Crippen LogP contribution in [-0.4, -0.2) is 54.2 Å². The molecule has 0 aromatic rings. The van der Waals surface area contributed by atoms with E-state index in [1.807, 2.05) is 0 Å². The van der Waals surface area contributed by atoms with Gasteiger partial charge in [-0.25, -0.2) is 9.59 Å². The topological polar surface area (TPSA) is 123 Å². The Morgan fingerprint density at radius 3 is 1.97 bits per heavy atom. The lowest BCUT2D eigenvalue weighted by Crippen LogP contribution is -2.43.